The van der Waals surface area contributed by atoms with Gasteiger partial charge in [-0.2, -0.15) is 0 Å². The molecule has 0 amide bonds. The van der Waals surface area contributed by atoms with E-state index in [1.54, 1.807) is 0 Å². The highest BCUT2D eigenvalue weighted by molar-refractivity contribution is 6.17. The van der Waals surface area contributed by atoms with Crippen LogP contribution in [0.4, 0.5) is 10.1 Å². The van der Waals surface area contributed by atoms with Crippen molar-refractivity contribution in [1.82, 2.24) is 0 Å². The molecule has 0 saturated heterocycles. The monoisotopic (exact) mass is 189 g/mol. The van der Waals surface area contributed by atoms with Crippen molar-refractivity contribution in [2.24, 2.45) is 0 Å². The molecular formula is C7H5ClFNO2. The minimum Gasteiger partial charge on any atom is -0.258 e. The Bertz CT molecular complexity index is 316. The van der Waals surface area contributed by atoms with Gasteiger partial charge in [0.2, 0.25) is 0 Å². The first kappa shape index (κ1) is 8.93. The Morgan fingerprint density at radius 2 is 2.25 bits per heavy atom. The van der Waals surface area contributed by atoms with E-state index in [0.717, 1.165) is 6.07 Å². The van der Waals surface area contributed by atoms with Crippen molar-refractivity contribution < 1.29 is 9.31 Å². The fourth-order valence-electron chi connectivity index (χ4n) is 0.851. The lowest BCUT2D eigenvalue weighted by molar-refractivity contribution is -0.385. The summed E-state index contributed by atoms with van der Waals surface area (Å²) >= 11 is 5.34. The summed E-state index contributed by atoms with van der Waals surface area (Å²) in [6.07, 6.45) is 0. The molecule has 64 valence electrons. The summed E-state index contributed by atoms with van der Waals surface area (Å²) in [5, 5.41) is 10.3. The van der Waals surface area contributed by atoms with Crippen molar-refractivity contribution in [3.05, 3.63) is 39.7 Å². The fourth-order valence-corrected chi connectivity index (χ4v) is 1.12. The molecule has 3 nitrogen and oxygen atoms in total. The number of nitro groups is 1. The predicted octanol–water partition coefficient (Wildman–Crippen LogP) is 2.47. The van der Waals surface area contributed by atoms with Crippen molar-refractivity contribution in [2.75, 3.05) is 0 Å². The average Bonchev–Trinajstić information content (AvgIpc) is 2.03. The van der Waals surface area contributed by atoms with Crippen molar-refractivity contribution in [1.29, 1.82) is 0 Å². The molecule has 0 bridgehead atoms. The molecule has 0 unspecified atom stereocenters. The van der Waals surface area contributed by atoms with E-state index in [9.17, 15) is 14.5 Å². The SMILES string of the molecule is O=[N+]([O-])c1cccc(F)c1CCl. The summed E-state index contributed by atoms with van der Waals surface area (Å²) in [4.78, 5) is 9.66. The summed E-state index contributed by atoms with van der Waals surface area (Å²) in [6, 6.07) is 3.65. The Hall–Kier alpha value is -1.16. The van der Waals surface area contributed by atoms with Gasteiger partial charge in [0, 0.05) is 6.07 Å². The molecular weight excluding hydrogens is 185 g/mol. The van der Waals surface area contributed by atoms with Gasteiger partial charge in [0.1, 0.15) is 5.82 Å². The maximum absolute atomic E-state index is 12.8. The number of alkyl halides is 1. The van der Waals surface area contributed by atoms with Gasteiger partial charge < -0.3 is 0 Å². The zero-order chi connectivity index (χ0) is 9.14. The van der Waals surface area contributed by atoms with Crippen LogP contribution in [-0.2, 0) is 5.88 Å². The number of rotatable bonds is 2. The minimum atomic E-state index is -0.652. The average molecular weight is 190 g/mol. The van der Waals surface area contributed by atoms with E-state index < -0.39 is 10.7 Å². The minimum absolute atomic E-state index is 0.0656. The third-order valence-electron chi connectivity index (χ3n) is 1.42. The maximum Gasteiger partial charge on any atom is 0.276 e. The molecule has 1 aromatic rings. The van der Waals surface area contributed by atoms with E-state index in [0.29, 0.717) is 0 Å². The lowest BCUT2D eigenvalue weighted by Crippen LogP contribution is -1.95. The number of nitro benzene ring substituents is 1. The highest BCUT2D eigenvalue weighted by Gasteiger charge is 2.15. The first-order chi connectivity index (χ1) is 5.66. The second-order valence-corrected chi connectivity index (χ2v) is 2.40. The summed E-state index contributed by atoms with van der Waals surface area (Å²) in [7, 11) is 0. The van der Waals surface area contributed by atoms with Crippen LogP contribution in [0.25, 0.3) is 0 Å². The van der Waals surface area contributed by atoms with E-state index >= 15 is 0 Å². The molecule has 0 radical (unpaired) electrons. The van der Waals surface area contributed by atoms with E-state index in [4.69, 9.17) is 11.6 Å². The molecule has 0 aromatic heterocycles. The summed E-state index contributed by atoms with van der Waals surface area (Å²) in [5.41, 5.74) is -0.339. The van der Waals surface area contributed by atoms with Crippen LogP contribution in [0.5, 0.6) is 0 Å². The van der Waals surface area contributed by atoms with Crippen LogP contribution in [0.2, 0.25) is 0 Å². The highest BCUT2D eigenvalue weighted by atomic mass is 35.5. The van der Waals surface area contributed by atoms with Crippen molar-refractivity contribution in [3.63, 3.8) is 0 Å². The summed E-state index contributed by atoms with van der Waals surface area (Å²) < 4.78 is 12.8. The predicted molar refractivity (Wildman–Crippen MR) is 42.6 cm³/mol. The molecule has 0 saturated carbocycles. The zero-order valence-electron chi connectivity index (χ0n) is 5.96. The molecule has 0 atom stereocenters. The van der Waals surface area contributed by atoms with Gasteiger partial charge in [0.15, 0.2) is 0 Å². The second kappa shape index (κ2) is 3.49. The smallest absolute Gasteiger partial charge is 0.258 e. The second-order valence-electron chi connectivity index (χ2n) is 2.13. The molecule has 5 heteroatoms. The lowest BCUT2D eigenvalue weighted by atomic mass is 10.2. The Morgan fingerprint density at radius 3 is 2.67 bits per heavy atom. The number of hydrogen-bond acceptors (Lipinski definition) is 2. The molecule has 0 spiro atoms. The third-order valence-corrected chi connectivity index (χ3v) is 1.69. The Labute approximate surface area is 72.9 Å². The summed E-state index contributed by atoms with van der Waals surface area (Å²) in [5.74, 6) is -0.831. The zero-order valence-corrected chi connectivity index (χ0v) is 6.71. The van der Waals surface area contributed by atoms with Crippen molar-refractivity contribution in [3.8, 4) is 0 Å². The van der Waals surface area contributed by atoms with Crippen LogP contribution in [0.3, 0.4) is 0 Å². The van der Waals surface area contributed by atoms with E-state index in [1.165, 1.54) is 12.1 Å². The fraction of sp³-hybridized carbons (Fsp3) is 0.143. The van der Waals surface area contributed by atoms with Crippen LogP contribution in [0, 0.1) is 15.9 Å². The van der Waals surface area contributed by atoms with Gasteiger partial charge in [-0.15, -0.1) is 11.6 Å². The molecule has 0 heterocycles. The Balaban J connectivity index is 3.27. The van der Waals surface area contributed by atoms with Crippen LogP contribution in [-0.4, -0.2) is 4.92 Å². The quantitative estimate of drug-likeness (QED) is 0.408. The van der Waals surface area contributed by atoms with Gasteiger partial charge in [-0.1, -0.05) is 6.07 Å². The van der Waals surface area contributed by atoms with E-state index in [-0.39, 0.29) is 17.1 Å². The molecule has 0 aliphatic rings. The largest absolute Gasteiger partial charge is 0.276 e. The molecule has 0 aliphatic heterocycles. The molecule has 1 aromatic carbocycles. The van der Waals surface area contributed by atoms with Crippen molar-refractivity contribution >= 4 is 17.3 Å². The van der Waals surface area contributed by atoms with Crippen LogP contribution in [0.15, 0.2) is 18.2 Å². The Kier molecular flexibility index (Phi) is 2.60. The van der Waals surface area contributed by atoms with Gasteiger partial charge in [-0.05, 0) is 6.07 Å². The molecule has 12 heavy (non-hydrogen) atoms. The topological polar surface area (TPSA) is 43.1 Å². The van der Waals surface area contributed by atoms with Gasteiger partial charge in [-0.3, -0.25) is 10.1 Å². The maximum atomic E-state index is 12.8. The van der Waals surface area contributed by atoms with E-state index in [2.05, 4.69) is 0 Å². The third kappa shape index (κ3) is 1.53. The molecule has 0 N–H and O–H groups in total. The summed E-state index contributed by atoms with van der Waals surface area (Å²) in [6.45, 7) is 0. The number of hydrogen-bond donors (Lipinski definition) is 0. The standard InChI is InChI=1S/C7H5ClFNO2/c8-4-5-6(9)2-1-3-7(5)10(11)12/h1-3H,4H2. The first-order valence-electron chi connectivity index (χ1n) is 3.14. The van der Waals surface area contributed by atoms with Crippen LogP contribution < -0.4 is 0 Å². The number of nitrogens with zero attached hydrogens (tertiary/aromatic N) is 1. The van der Waals surface area contributed by atoms with Crippen LogP contribution >= 0.6 is 11.6 Å². The molecule has 1 rings (SSSR count). The van der Waals surface area contributed by atoms with Crippen molar-refractivity contribution in [2.45, 2.75) is 5.88 Å². The van der Waals surface area contributed by atoms with Gasteiger partial charge in [0.25, 0.3) is 5.69 Å². The number of benzene rings is 1. The molecule has 0 fully saturated rings. The van der Waals surface area contributed by atoms with E-state index in [1.807, 2.05) is 0 Å². The first-order valence-corrected chi connectivity index (χ1v) is 3.68. The van der Waals surface area contributed by atoms with Gasteiger partial charge >= 0.3 is 0 Å². The molecule has 0 aliphatic carbocycles. The Morgan fingerprint density at radius 1 is 1.58 bits per heavy atom. The highest BCUT2D eigenvalue weighted by Crippen LogP contribution is 2.22. The van der Waals surface area contributed by atoms with Crippen LogP contribution in [0.1, 0.15) is 5.56 Å². The normalized spacial score (nSPS) is 9.83. The van der Waals surface area contributed by atoms with Gasteiger partial charge in [-0.25, -0.2) is 4.39 Å². The number of halogens is 2. The lowest BCUT2D eigenvalue weighted by Gasteiger charge is -1.98. The van der Waals surface area contributed by atoms with Gasteiger partial charge in [0.05, 0.1) is 16.4 Å².